The van der Waals surface area contributed by atoms with Gasteiger partial charge in [-0.3, -0.25) is 0 Å². The second-order valence-electron chi connectivity index (χ2n) is 4.98. The van der Waals surface area contributed by atoms with E-state index in [2.05, 4.69) is 35.2 Å². The Labute approximate surface area is 185 Å². The van der Waals surface area contributed by atoms with E-state index in [0.717, 1.165) is 0 Å². The van der Waals surface area contributed by atoms with Gasteiger partial charge in [0.1, 0.15) is 5.82 Å². The van der Waals surface area contributed by atoms with Crippen LogP contribution >= 0.6 is 0 Å². The van der Waals surface area contributed by atoms with Crippen LogP contribution in [-0.4, -0.2) is 44.8 Å². The van der Waals surface area contributed by atoms with Gasteiger partial charge < -0.3 is 28.6 Å². The molecule has 0 atom stereocenters. The Morgan fingerprint density at radius 2 is 1.75 bits per heavy atom. The Hall–Kier alpha value is -1.78. The van der Waals surface area contributed by atoms with E-state index < -0.39 is 12.0 Å². The van der Waals surface area contributed by atoms with Crippen LogP contribution in [-0.2, 0) is 38.9 Å². The molecule has 28 heavy (non-hydrogen) atoms. The molecule has 146 valence electrons. The zero-order valence-corrected chi connectivity index (χ0v) is 17.6. The summed E-state index contributed by atoms with van der Waals surface area (Å²) < 4.78 is 43.4. The number of halogens is 3. The van der Waals surface area contributed by atoms with Gasteiger partial charge in [0.15, 0.2) is 12.4 Å². The number of fused-ring (bicyclic) bond motifs is 1. The smallest absolute Gasteiger partial charge is 0.493 e. The van der Waals surface area contributed by atoms with Gasteiger partial charge in [0, 0.05) is 5.75 Å². The van der Waals surface area contributed by atoms with E-state index in [0.29, 0.717) is 29.2 Å². The third-order valence-corrected chi connectivity index (χ3v) is 3.28. The van der Waals surface area contributed by atoms with Crippen molar-refractivity contribution in [2.75, 3.05) is 24.8 Å². The van der Waals surface area contributed by atoms with Crippen LogP contribution in [0, 0.1) is 19.9 Å². The largest absolute Gasteiger partial charge is 3.00 e. The van der Waals surface area contributed by atoms with E-state index >= 15 is 0 Å². The molecule has 2 heterocycles. The molecule has 1 N–H and O–H groups in total. The van der Waals surface area contributed by atoms with Crippen LogP contribution in [0.3, 0.4) is 0 Å². The summed E-state index contributed by atoms with van der Waals surface area (Å²) in [6.45, 7) is 7.74. The zero-order valence-electron chi connectivity index (χ0n) is 14.8. The van der Waals surface area contributed by atoms with Gasteiger partial charge in [-0.05, 0) is 12.1 Å². The van der Waals surface area contributed by atoms with E-state index in [1.807, 2.05) is 0 Å². The first kappa shape index (κ1) is 24.3. The van der Waals surface area contributed by atoms with Crippen LogP contribution in [0.15, 0.2) is 36.4 Å². The first-order valence-corrected chi connectivity index (χ1v) is 7.73. The van der Waals surface area contributed by atoms with Crippen LogP contribution in [0.4, 0.5) is 19.0 Å². The molecule has 1 aromatic carbocycles. The summed E-state index contributed by atoms with van der Waals surface area (Å²) in [6, 6.07) is 12.7. The fourth-order valence-corrected chi connectivity index (χ4v) is 2.01. The monoisotopic (exact) mass is 469 g/mol. The van der Waals surface area contributed by atoms with E-state index in [1.165, 1.54) is 6.07 Å². The summed E-state index contributed by atoms with van der Waals surface area (Å²) in [5.41, 5.74) is 0.0409. The predicted molar refractivity (Wildman–Crippen MR) is 91.7 cm³/mol. The van der Waals surface area contributed by atoms with Gasteiger partial charge in [0.2, 0.25) is 0 Å². The molecule has 0 amide bonds. The molecule has 0 aliphatic heterocycles. The van der Waals surface area contributed by atoms with Gasteiger partial charge in [-0.1, -0.05) is 0 Å². The van der Waals surface area contributed by atoms with E-state index in [-0.39, 0.29) is 45.1 Å². The number of aliphatic hydroxyl groups is 1. The Balaban J connectivity index is 0.000000332. The summed E-state index contributed by atoms with van der Waals surface area (Å²) in [5.74, 6) is -0.138. The maximum absolute atomic E-state index is 12.6. The molecule has 0 unspecified atom stereocenters. The van der Waals surface area contributed by atoms with Crippen molar-refractivity contribution in [3.63, 3.8) is 0 Å². The second-order valence-corrected chi connectivity index (χ2v) is 4.98. The minimum atomic E-state index is -4.59. The van der Waals surface area contributed by atoms with Crippen LogP contribution < -0.4 is 9.64 Å². The van der Waals surface area contributed by atoms with Crippen LogP contribution in [0.2, 0.25) is 0 Å². The number of alkyl halides is 3. The topological polar surface area (TPSA) is 75.8 Å². The van der Waals surface area contributed by atoms with Crippen molar-refractivity contribution in [2.45, 2.75) is 6.18 Å². The third kappa shape index (κ3) is 6.39. The summed E-state index contributed by atoms with van der Waals surface area (Å²) in [7, 11) is 0. The number of ether oxygens (including phenoxy) is 1. The zero-order chi connectivity index (χ0) is 19.9. The molecule has 0 saturated heterocycles. The standard InChI is InChI=1S/C10H10F3N5.C7H7O2.Y/c1-3-17(4-2)8-6-5-7-14-15-9(10(11,12)13)18(7)16-8;8-6-9-7-4-2-1-3-5-7;/h5-6H,1-4H2;2-5,8H,6H2;/q-2;-1;+3. The molecule has 0 spiro atoms. The summed E-state index contributed by atoms with van der Waals surface area (Å²) in [6.07, 6.45) is -4.59. The Morgan fingerprint density at radius 1 is 1.11 bits per heavy atom. The maximum atomic E-state index is 12.6. The van der Waals surface area contributed by atoms with Crippen molar-refractivity contribution in [2.24, 2.45) is 0 Å². The minimum Gasteiger partial charge on any atom is -0.493 e. The first-order chi connectivity index (χ1) is 12.9. The number of nitrogens with zero attached hydrogens (tertiary/aromatic N) is 5. The predicted octanol–water partition coefficient (Wildman–Crippen LogP) is 2.43. The number of hydrogen-bond acceptors (Lipinski definition) is 6. The van der Waals surface area contributed by atoms with Crippen LogP contribution in [0.1, 0.15) is 5.82 Å². The van der Waals surface area contributed by atoms with Gasteiger partial charge in [0.25, 0.3) is 5.82 Å². The molecule has 0 saturated carbocycles. The SMILES string of the molecule is OCOc1cc[c-]cc1.[CH2-]CN(C[CH2-])c1ccc2nnc(C(F)(F)F)n2n1.[Y+3]. The number of benzene rings is 1. The Bertz CT molecular complexity index is 842. The van der Waals surface area contributed by atoms with Crippen LogP contribution in [0.25, 0.3) is 5.65 Å². The number of hydrogen-bond donors (Lipinski definition) is 1. The van der Waals surface area contributed by atoms with Crippen molar-refractivity contribution in [1.29, 1.82) is 0 Å². The number of aliphatic hydroxyl groups excluding tert-OH is 1. The Kier molecular flexibility index (Phi) is 9.77. The van der Waals surface area contributed by atoms with Gasteiger partial charge in [-0.2, -0.15) is 35.9 Å². The van der Waals surface area contributed by atoms with Gasteiger partial charge >= 0.3 is 38.9 Å². The fraction of sp³-hybridized carbons (Fsp3) is 0.235. The average Bonchev–Trinajstić information content (AvgIpc) is 3.08. The fourth-order valence-electron chi connectivity index (χ4n) is 2.01. The molecular formula is C17H17F3N5O2Y. The number of rotatable bonds is 5. The van der Waals surface area contributed by atoms with Gasteiger partial charge in [-0.15, -0.1) is 40.5 Å². The quantitative estimate of drug-likeness (QED) is 0.457. The third-order valence-electron chi connectivity index (χ3n) is 3.28. The van der Waals surface area contributed by atoms with E-state index in [9.17, 15) is 13.2 Å². The summed E-state index contributed by atoms with van der Waals surface area (Å²) in [5, 5.41) is 18.7. The maximum Gasteiger partial charge on any atom is 3.00 e. The molecule has 7 nitrogen and oxygen atoms in total. The van der Waals surface area contributed by atoms with E-state index in [4.69, 9.17) is 9.84 Å². The molecule has 0 radical (unpaired) electrons. The average molecular weight is 469 g/mol. The molecule has 0 aliphatic carbocycles. The number of aromatic nitrogens is 4. The molecule has 3 aromatic rings. The molecule has 11 heteroatoms. The molecule has 2 aromatic heterocycles. The molecular weight excluding hydrogens is 452 g/mol. The molecule has 0 fully saturated rings. The summed E-state index contributed by atoms with van der Waals surface area (Å²) >= 11 is 0. The second kappa shape index (κ2) is 11.3. The molecule has 3 rings (SSSR count). The van der Waals surface area contributed by atoms with Crippen LogP contribution in [0.5, 0.6) is 5.75 Å². The van der Waals surface area contributed by atoms with Crippen molar-refractivity contribution in [1.82, 2.24) is 19.8 Å². The summed E-state index contributed by atoms with van der Waals surface area (Å²) in [4.78, 5) is 1.62. The Morgan fingerprint density at radius 3 is 2.29 bits per heavy atom. The van der Waals surface area contributed by atoms with Crippen molar-refractivity contribution in [3.05, 3.63) is 62.1 Å². The molecule has 0 bridgehead atoms. The van der Waals surface area contributed by atoms with Crippen molar-refractivity contribution in [3.8, 4) is 5.75 Å². The van der Waals surface area contributed by atoms with Crippen molar-refractivity contribution >= 4 is 11.5 Å². The van der Waals surface area contributed by atoms with Crippen molar-refractivity contribution < 1.29 is 55.7 Å². The first-order valence-electron chi connectivity index (χ1n) is 7.73. The molecule has 0 aliphatic rings. The number of anilines is 1. The van der Waals surface area contributed by atoms with Gasteiger partial charge in [0.05, 0.1) is 0 Å². The normalized spacial score (nSPS) is 10.6. The van der Waals surface area contributed by atoms with E-state index in [1.54, 1.807) is 35.2 Å². The van der Waals surface area contributed by atoms with Gasteiger partial charge in [-0.25, -0.2) is 0 Å². The minimum absolute atomic E-state index is 0.